The molecule has 3 rings (SSSR count). The number of carbonyl (C=O) groups is 1. The Balaban J connectivity index is 1.67. The highest BCUT2D eigenvalue weighted by molar-refractivity contribution is 6.35. The highest BCUT2D eigenvalue weighted by atomic mass is 35.5. The van der Waals surface area contributed by atoms with E-state index in [1.165, 1.54) is 0 Å². The van der Waals surface area contributed by atoms with Crippen LogP contribution in [0.2, 0.25) is 15.1 Å². The van der Waals surface area contributed by atoms with Gasteiger partial charge in [0.2, 0.25) is 0 Å². The SMILES string of the molecule is O=C(c1ccc(Cl)cc1)N1CCN(c2cc(Cl)ccc2Cl)CC1. The number of carbonyl (C=O) groups excluding carboxylic acids is 1. The summed E-state index contributed by atoms with van der Waals surface area (Å²) in [7, 11) is 0. The van der Waals surface area contributed by atoms with Gasteiger partial charge < -0.3 is 9.80 Å². The average molecular weight is 370 g/mol. The molecule has 1 heterocycles. The second-order valence-electron chi connectivity index (χ2n) is 5.38. The maximum absolute atomic E-state index is 12.5. The van der Waals surface area contributed by atoms with Gasteiger partial charge >= 0.3 is 0 Å². The molecule has 1 saturated heterocycles. The Kier molecular flexibility index (Phi) is 5.00. The van der Waals surface area contributed by atoms with Crippen molar-refractivity contribution in [2.45, 2.75) is 0 Å². The van der Waals surface area contributed by atoms with Gasteiger partial charge in [-0.2, -0.15) is 0 Å². The van der Waals surface area contributed by atoms with Crippen molar-refractivity contribution in [1.82, 2.24) is 4.90 Å². The van der Waals surface area contributed by atoms with Crippen LogP contribution in [0.1, 0.15) is 10.4 Å². The molecule has 0 aliphatic carbocycles. The van der Waals surface area contributed by atoms with E-state index in [1.807, 2.05) is 11.0 Å². The highest BCUT2D eigenvalue weighted by Crippen LogP contribution is 2.29. The van der Waals surface area contributed by atoms with E-state index in [-0.39, 0.29) is 5.91 Å². The largest absolute Gasteiger partial charge is 0.367 e. The summed E-state index contributed by atoms with van der Waals surface area (Å²) in [6.45, 7) is 2.73. The number of benzene rings is 2. The molecule has 0 bridgehead atoms. The minimum Gasteiger partial charge on any atom is -0.367 e. The lowest BCUT2D eigenvalue weighted by Gasteiger charge is -2.36. The Labute approximate surface area is 150 Å². The van der Waals surface area contributed by atoms with Crippen molar-refractivity contribution < 1.29 is 4.79 Å². The van der Waals surface area contributed by atoms with Gasteiger partial charge in [-0.15, -0.1) is 0 Å². The summed E-state index contributed by atoms with van der Waals surface area (Å²) in [5.41, 5.74) is 1.57. The molecule has 0 saturated carbocycles. The molecular formula is C17H15Cl3N2O. The molecule has 1 aliphatic rings. The number of rotatable bonds is 2. The number of anilines is 1. The van der Waals surface area contributed by atoms with E-state index in [4.69, 9.17) is 34.8 Å². The van der Waals surface area contributed by atoms with E-state index in [0.717, 1.165) is 18.8 Å². The van der Waals surface area contributed by atoms with Crippen LogP contribution in [0.4, 0.5) is 5.69 Å². The number of amides is 1. The van der Waals surface area contributed by atoms with Crippen molar-refractivity contribution in [1.29, 1.82) is 0 Å². The number of halogens is 3. The molecule has 23 heavy (non-hydrogen) atoms. The molecule has 3 nitrogen and oxygen atoms in total. The fourth-order valence-electron chi connectivity index (χ4n) is 2.65. The summed E-state index contributed by atoms with van der Waals surface area (Å²) in [6.07, 6.45) is 0. The Morgan fingerprint density at radius 3 is 2.09 bits per heavy atom. The van der Waals surface area contributed by atoms with Gasteiger partial charge in [-0.05, 0) is 42.5 Å². The lowest BCUT2D eigenvalue weighted by Crippen LogP contribution is -2.48. The fourth-order valence-corrected chi connectivity index (χ4v) is 3.18. The van der Waals surface area contributed by atoms with Crippen LogP contribution in [0, 0.1) is 0 Å². The van der Waals surface area contributed by atoms with Gasteiger partial charge in [0.25, 0.3) is 5.91 Å². The van der Waals surface area contributed by atoms with Crippen LogP contribution in [0.25, 0.3) is 0 Å². The first kappa shape index (κ1) is 16.4. The maximum Gasteiger partial charge on any atom is 0.253 e. The first-order valence-corrected chi connectivity index (χ1v) is 8.43. The van der Waals surface area contributed by atoms with Crippen LogP contribution in [0.15, 0.2) is 42.5 Å². The third kappa shape index (κ3) is 3.74. The van der Waals surface area contributed by atoms with Crippen LogP contribution in [0.5, 0.6) is 0 Å². The van der Waals surface area contributed by atoms with Gasteiger partial charge in [-0.25, -0.2) is 0 Å². The maximum atomic E-state index is 12.5. The summed E-state index contributed by atoms with van der Waals surface area (Å²) in [6, 6.07) is 12.4. The van der Waals surface area contributed by atoms with Crippen molar-refractivity contribution in [3.8, 4) is 0 Å². The van der Waals surface area contributed by atoms with Gasteiger partial charge in [0, 0.05) is 41.8 Å². The molecule has 0 spiro atoms. The monoisotopic (exact) mass is 368 g/mol. The van der Waals surface area contributed by atoms with E-state index in [1.54, 1.807) is 36.4 Å². The topological polar surface area (TPSA) is 23.6 Å². The van der Waals surface area contributed by atoms with Crippen LogP contribution < -0.4 is 4.90 Å². The number of hydrogen-bond acceptors (Lipinski definition) is 2. The summed E-state index contributed by atoms with van der Waals surface area (Å²) < 4.78 is 0. The summed E-state index contributed by atoms with van der Waals surface area (Å²) in [4.78, 5) is 16.5. The zero-order chi connectivity index (χ0) is 16.4. The van der Waals surface area contributed by atoms with Gasteiger partial charge in [0.05, 0.1) is 10.7 Å². The second-order valence-corrected chi connectivity index (χ2v) is 6.66. The normalized spacial score (nSPS) is 14.9. The zero-order valence-corrected chi connectivity index (χ0v) is 14.6. The predicted molar refractivity (Wildman–Crippen MR) is 96.0 cm³/mol. The summed E-state index contributed by atoms with van der Waals surface area (Å²) >= 11 is 18.2. The summed E-state index contributed by atoms with van der Waals surface area (Å²) in [5, 5.41) is 1.96. The van der Waals surface area contributed by atoms with Crippen molar-refractivity contribution in [3.63, 3.8) is 0 Å². The van der Waals surface area contributed by atoms with E-state index in [2.05, 4.69) is 4.90 Å². The fraction of sp³-hybridized carbons (Fsp3) is 0.235. The van der Waals surface area contributed by atoms with Gasteiger partial charge in [0.1, 0.15) is 0 Å². The molecule has 0 radical (unpaired) electrons. The smallest absolute Gasteiger partial charge is 0.253 e. The first-order valence-electron chi connectivity index (χ1n) is 7.29. The van der Waals surface area contributed by atoms with E-state index < -0.39 is 0 Å². The third-order valence-corrected chi connectivity index (χ3v) is 4.71. The molecule has 0 unspecified atom stereocenters. The summed E-state index contributed by atoms with van der Waals surface area (Å²) in [5.74, 6) is 0.0264. The van der Waals surface area contributed by atoms with Crippen molar-refractivity contribution in [3.05, 3.63) is 63.1 Å². The third-order valence-electron chi connectivity index (χ3n) is 3.91. The second kappa shape index (κ2) is 7.00. The molecule has 0 atom stereocenters. The molecular weight excluding hydrogens is 355 g/mol. The Bertz CT molecular complexity index is 710. The van der Waals surface area contributed by atoms with Crippen molar-refractivity contribution >= 4 is 46.4 Å². The first-order chi connectivity index (χ1) is 11.0. The molecule has 1 aliphatic heterocycles. The van der Waals surface area contributed by atoms with Crippen LogP contribution >= 0.6 is 34.8 Å². The molecule has 1 amide bonds. The van der Waals surface area contributed by atoms with Crippen molar-refractivity contribution in [2.24, 2.45) is 0 Å². The number of piperazine rings is 1. The Morgan fingerprint density at radius 1 is 0.826 bits per heavy atom. The molecule has 0 N–H and O–H groups in total. The lowest BCUT2D eigenvalue weighted by atomic mass is 10.1. The molecule has 1 fully saturated rings. The quantitative estimate of drug-likeness (QED) is 0.772. The minimum absolute atomic E-state index is 0.0264. The van der Waals surface area contributed by atoms with E-state index in [0.29, 0.717) is 33.7 Å². The lowest BCUT2D eigenvalue weighted by molar-refractivity contribution is 0.0747. The molecule has 0 aromatic heterocycles. The van der Waals surface area contributed by atoms with Crippen LogP contribution in [0.3, 0.4) is 0 Å². The van der Waals surface area contributed by atoms with E-state index in [9.17, 15) is 4.79 Å². The minimum atomic E-state index is 0.0264. The Hall–Kier alpha value is -1.42. The van der Waals surface area contributed by atoms with Gasteiger partial charge in [-0.3, -0.25) is 4.79 Å². The zero-order valence-electron chi connectivity index (χ0n) is 12.3. The average Bonchev–Trinajstić information content (AvgIpc) is 2.57. The predicted octanol–water partition coefficient (Wildman–Crippen LogP) is 4.61. The van der Waals surface area contributed by atoms with Crippen LogP contribution in [-0.4, -0.2) is 37.0 Å². The number of nitrogens with zero attached hydrogens (tertiary/aromatic N) is 2. The van der Waals surface area contributed by atoms with Crippen LogP contribution in [-0.2, 0) is 0 Å². The van der Waals surface area contributed by atoms with Gasteiger partial charge in [0.15, 0.2) is 0 Å². The molecule has 2 aromatic carbocycles. The molecule has 120 valence electrons. The highest BCUT2D eigenvalue weighted by Gasteiger charge is 2.23. The van der Waals surface area contributed by atoms with Crippen molar-refractivity contribution in [2.75, 3.05) is 31.1 Å². The molecule has 6 heteroatoms. The number of hydrogen-bond donors (Lipinski definition) is 0. The van der Waals surface area contributed by atoms with E-state index >= 15 is 0 Å². The van der Waals surface area contributed by atoms with Gasteiger partial charge in [-0.1, -0.05) is 34.8 Å². The standard InChI is InChI=1S/C17H15Cl3N2O/c18-13-3-1-12(2-4-13)17(23)22-9-7-21(8-10-22)16-11-14(19)5-6-15(16)20/h1-6,11H,7-10H2. The Morgan fingerprint density at radius 2 is 1.43 bits per heavy atom. The molecule has 2 aromatic rings.